The van der Waals surface area contributed by atoms with E-state index in [1.807, 2.05) is 0 Å². The number of nitrogens with one attached hydrogen (secondary N) is 1. The largest absolute Gasteiger partial charge is 0.477 e. The third kappa shape index (κ3) is 4.53. The lowest BCUT2D eigenvalue weighted by atomic mass is 10.0. The first-order chi connectivity index (χ1) is 16.3. The van der Waals surface area contributed by atoms with Crippen molar-refractivity contribution in [3.63, 3.8) is 0 Å². The number of carboxylic acids is 1. The number of thiazole rings is 1. The summed E-state index contributed by atoms with van der Waals surface area (Å²) in [4.78, 5) is 59.6. The minimum absolute atomic E-state index is 0.0812. The van der Waals surface area contributed by atoms with Gasteiger partial charge in [0, 0.05) is 16.9 Å². The highest BCUT2D eigenvalue weighted by Crippen LogP contribution is 2.41. The van der Waals surface area contributed by atoms with Crippen molar-refractivity contribution in [1.29, 1.82) is 0 Å². The lowest BCUT2D eigenvalue weighted by molar-refractivity contribution is -0.150. The molecule has 0 aliphatic carbocycles. The van der Waals surface area contributed by atoms with Crippen molar-refractivity contribution in [2.45, 2.75) is 11.4 Å². The molecule has 1 fully saturated rings. The van der Waals surface area contributed by atoms with E-state index in [1.54, 1.807) is 6.07 Å². The number of hydrogen-bond acceptors (Lipinski definition) is 12. The standard InChI is InChI=1S/C19H17N5O7S3/c1-30-23-11(15-21-10(20)7-32-15)14(25)22-12-16(26)24-13(18(27)28)8(5-33-17(12)24)6-34-19(29)9-3-2-4-31-9/h2-4,7,12,17H,5-6,20H2,1H3,(H,22,25)(H,27,28)/b23-11+/t12-,17-/m0/s1. The second kappa shape index (κ2) is 9.90. The molecule has 15 heteroatoms. The molecule has 0 bridgehead atoms. The Morgan fingerprint density at radius 1 is 1.47 bits per heavy atom. The Hall–Kier alpha value is -3.30. The van der Waals surface area contributed by atoms with Crippen molar-refractivity contribution >= 4 is 69.3 Å². The zero-order valence-corrected chi connectivity index (χ0v) is 19.9. The Kier molecular flexibility index (Phi) is 6.95. The van der Waals surface area contributed by atoms with Gasteiger partial charge in [-0.05, 0) is 17.7 Å². The number of anilines is 1. The van der Waals surface area contributed by atoms with E-state index in [0.29, 0.717) is 5.57 Å². The maximum atomic E-state index is 12.8. The van der Waals surface area contributed by atoms with Crippen molar-refractivity contribution in [3.05, 3.63) is 45.8 Å². The molecule has 2 aromatic rings. The number of nitrogen functional groups attached to an aromatic ring is 1. The number of carboxylic acid groups (broad SMARTS) is 1. The molecule has 2 aromatic heterocycles. The number of amides is 2. The Bertz CT molecular complexity index is 1210. The van der Waals surface area contributed by atoms with Gasteiger partial charge >= 0.3 is 5.97 Å². The van der Waals surface area contributed by atoms with Gasteiger partial charge in [-0.15, -0.1) is 23.1 Å². The summed E-state index contributed by atoms with van der Waals surface area (Å²) in [6, 6.07) is 2.13. The van der Waals surface area contributed by atoms with Crippen molar-refractivity contribution < 1.29 is 33.5 Å². The van der Waals surface area contributed by atoms with E-state index in [9.17, 15) is 24.3 Å². The Labute approximate surface area is 204 Å². The maximum absolute atomic E-state index is 12.8. The Morgan fingerprint density at radius 2 is 2.26 bits per heavy atom. The van der Waals surface area contributed by atoms with E-state index in [1.165, 1.54) is 36.6 Å². The van der Waals surface area contributed by atoms with Gasteiger partial charge < -0.3 is 25.4 Å². The van der Waals surface area contributed by atoms with Gasteiger partial charge in [0.05, 0.1) is 6.26 Å². The molecule has 0 spiro atoms. The molecular formula is C19H17N5O7S3. The molecule has 4 N–H and O–H groups in total. The van der Waals surface area contributed by atoms with Crippen LogP contribution >= 0.6 is 34.9 Å². The number of fused-ring (bicyclic) bond motifs is 1. The van der Waals surface area contributed by atoms with Gasteiger partial charge in [0.1, 0.15) is 30.0 Å². The van der Waals surface area contributed by atoms with Crippen LogP contribution in [0.15, 0.2) is 44.6 Å². The highest BCUT2D eigenvalue weighted by molar-refractivity contribution is 8.14. The number of nitrogens with two attached hydrogens (primary N) is 1. The van der Waals surface area contributed by atoms with Gasteiger partial charge in [0.15, 0.2) is 10.8 Å². The Morgan fingerprint density at radius 3 is 2.88 bits per heavy atom. The zero-order chi connectivity index (χ0) is 24.4. The second-order valence-electron chi connectivity index (χ2n) is 6.87. The monoisotopic (exact) mass is 523 g/mol. The number of rotatable bonds is 8. The van der Waals surface area contributed by atoms with E-state index in [2.05, 4.69) is 15.5 Å². The highest BCUT2D eigenvalue weighted by Gasteiger charge is 2.54. The Balaban J connectivity index is 1.47. The number of carbonyl (C=O) groups excluding carboxylic acids is 3. The molecule has 0 saturated carbocycles. The maximum Gasteiger partial charge on any atom is 0.352 e. The van der Waals surface area contributed by atoms with Crippen LogP contribution in [-0.2, 0) is 19.2 Å². The van der Waals surface area contributed by atoms with E-state index < -0.39 is 29.2 Å². The molecule has 0 radical (unpaired) electrons. The molecular weight excluding hydrogens is 506 g/mol. The first-order valence-electron chi connectivity index (χ1n) is 9.55. The summed E-state index contributed by atoms with van der Waals surface area (Å²) in [5, 5.41) is 16.8. The molecule has 0 aromatic carbocycles. The van der Waals surface area contributed by atoms with E-state index >= 15 is 0 Å². The lowest BCUT2D eigenvalue weighted by Gasteiger charge is -2.49. The molecule has 34 heavy (non-hydrogen) atoms. The van der Waals surface area contributed by atoms with Gasteiger partial charge in [-0.25, -0.2) is 9.78 Å². The number of oxime groups is 1. The minimum atomic E-state index is -1.29. The normalized spacial score (nSPS) is 20.0. The van der Waals surface area contributed by atoms with Crippen LogP contribution in [0.4, 0.5) is 5.82 Å². The highest BCUT2D eigenvalue weighted by atomic mass is 32.2. The van der Waals surface area contributed by atoms with Gasteiger partial charge in [-0.1, -0.05) is 16.9 Å². The minimum Gasteiger partial charge on any atom is -0.477 e. The molecule has 1 saturated heterocycles. The molecule has 0 unspecified atom stereocenters. The van der Waals surface area contributed by atoms with Gasteiger partial charge in [-0.2, -0.15) is 0 Å². The summed E-state index contributed by atoms with van der Waals surface area (Å²) in [5.41, 5.74) is 5.70. The average Bonchev–Trinajstić information content (AvgIpc) is 3.50. The number of carbonyl (C=O) groups is 4. The van der Waals surface area contributed by atoms with Gasteiger partial charge in [0.2, 0.25) is 5.71 Å². The summed E-state index contributed by atoms with van der Waals surface area (Å²) >= 11 is 3.26. The topological polar surface area (TPSA) is 177 Å². The fourth-order valence-corrected chi connectivity index (χ4v) is 6.25. The predicted molar refractivity (Wildman–Crippen MR) is 125 cm³/mol. The van der Waals surface area contributed by atoms with Crippen LogP contribution in [0, 0.1) is 0 Å². The van der Waals surface area contributed by atoms with E-state index in [4.69, 9.17) is 15.0 Å². The van der Waals surface area contributed by atoms with Crippen molar-refractivity contribution in [2.24, 2.45) is 5.16 Å². The fraction of sp³-hybridized carbons (Fsp3) is 0.263. The van der Waals surface area contributed by atoms with Gasteiger partial charge in [0.25, 0.3) is 16.9 Å². The first-order valence-corrected chi connectivity index (χ1v) is 12.5. The number of furan rings is 1. The number of aromatic nitrogens is 1. The molecule has 2 aliphatic rings. The molecule has 2 amide bonds. The summed E-state index contributed by atoms with van der Waals surface area (Å²) in [5.74, 6) is -1.87. The number of hydrogen-bond donors (Lipinski definition) is 3. The smallest absolute Gasteiger partial charge is 0.352 e. The third-order valence-electron chi connectivity index (χ3n) is 4.76. The van der Waals surface area contributed by atoms with Crippen LogP contribution in [0.5, 0.6) is 0 Å². The zero-order valence-electron chi connectivity index (χ0n) is 17.4. The summed E-state index contributed by atoms with van der Waals surface area (Å²) in [7, 11) is 1.26. The number of β-lactam (4-membered cyclic amide) rings is 1. The van der Waals surface area contributed by atoms with Crippen molar-refractivity contribution in [2.75, 3.05) is 24.3 Å². The SMILES string of the molecule is CO/N=C(\C(=O)N[C@H]1C(=O)N2C(C(=O)O)=C(CSC(=O)c3ccco3)CS[C@@H]12)c1nc(N)cs1. The van der Waals surface area contributed by atoms with E-state index in [0.717, 1.165) is 28.0 Å². The quantitative estimate of drug-likeness (QED) is 0.255. The van der Waals surface area contributed by atoms with E-state index in [-0.39, 0.29) is 44.6 Å². The van der Waals surface area contributed by atoms with Crippen LogP contribution in [-0.4, -0.2) is 73.6 Å². The molecule has 4 rings (SSSR count). The molecule has 2 aliphatic heterocycles. The average molecular weight is 524 g/mol. The van der Waals surface area contributed by atoms with Crippen LogP contribution in [0.25, 0.3) is 0 Å². The molecule has 178 valence electrons. The summed E-state index contributed by atoms with van der Waals surface area (Å²) < 4.78 is 5.05. The second-order valence-corrected chi connectivity index (χ2v) is 9.78. The van der Waals surface area contributed by atoms with Crippen molar-refractivity contribution in [3.8, 4) is 0 Å². The summed E-state index contributed by atoms with van der Waals surface area (Å²) in [6.45, 7) is 0. The number of nitrogens with zero attached hydrogens (tertiary/aromatic N) is 3. The van der Waals surface area contributed by atoms with Crippen molar-refractivity contribution in [1.82, 2.24) is 15.2 Å². The van der Waals surface area contributed by atoms with Crippen LogP contribution in [0.1, 0.15) is 15.6 Å². The molecule has 12 nitrogen and oxygen atoms in total. The first kappa shape index (κ1) is 23.8. The third-order valence-corrected chi connectivity index (χ3v) is 7.92. The van der Waals surface area contributed by atoms with Gasteiger partial charge in [-0.3, -0.25) is 19.3 Å². The number of thioether (sulfide) groups is 2. The fourth-order valence-electron chi connectivity index (χ4n) is 3.29. The molecule has 4 heterocycles. The predicted octanol–water partition coefficient (Wildman–Crippen LogP) is 0.981. The lowest BCUT2D eigenvalue weighted by Crippen LogP contribution is -2.71. The van der Waals surface area contributed by atoms with Crippen LogP contribution in [0.2, 0.25) is 0 Å². The number of aliphatic carboxylic acids is 1. The van der Waals surface area contributed by atoms with Crippen LogP contribution in [0.3, 0.4) is 0 Å². The summed E-state index contributed by atoms with van der Waals surface area (Å²) in [6.07, 6.45) is 1.37. The van der Waals surface area contributed by atoms with Crippen LogP contribution < -0.4 is 11.1 Å². The molecule has 2 atom stereocenters.